The van der Waals surface area contributed by atoms with Crippen LogP contribution in [0.1, 0.15) is 96.1 Å². The summed E-state index contributed by atoms with van der Waals surface area (Å²) in [5.74, 6) is 1.77. The molecule has 2 aromatic rings. The van der Waals surface area contributed by atoms with Crippen LogP contribution in [0.25, 0.3) is 0 Å². The van der Waals surface area contributed by atoms with Crippen LogP contribution in [0.3, 0.4) is 0 Å². The summed E-state index contributed by atoms with van der Waals surface area (Å²) in [6.07, 6.45) is 15.3. The number of benzene rings is 2. The quantitative estimate of drug-likeness (QED) is 0.311. The fourth-order valence-corrected chi connectivity index (χ4v) is 5.71. The Morgan fingerprint density at radius 3 is 1.67 bits per heavy atom. The molecule has 4 rings (SSSR count). The van der Waals surface area contributed by atoms with Gasteiger partial charge in [0.1, 0.15) is 5.60 Å². The van der Waals surface area contributed by atoms with E-state index in [2.05, 4.69) is 66.0 Å². The number of amides is 1. The summed E-state index contributed by atoms with van der Waals surface area (Å²) >= 11 is 0. The van der Waals surface area contributed by atoms with Gasteiger partial charge in [0.2, 0.25) is 0 Å². The van der Waals surface area contributed by atoms with Gasteiger partial charge in [0, 0.05) is 13.1 Å². The number of hydrogen-bond donors (Lipinski definition) is 1. The number of ether oxygens (including phenoxy) is 1. The van der Waals surface area contributed by atoms with E-state index in [1.807, 2.05) is 25.7 Å². The van der Waals surface area contributed by atoms with Gasteiger partial charge in [-0.25, -0.2) is 4.79 Å². The molecular weight excluding hydrogens is 480 g/mol. The number of carbonyl (C=O) groups excluding carboxylic acids is 1. The van der Waals surface area contributed by atoms with Gasteiger partial charge in [-0.15, -0.1) is 0 Å². The van der Waals surface area contributed by atoms with Crippen molar-refractivity contribution >= 4 is 6.09 Å². The molecule has 0 unspecified atom stereocenters. The Morgan fingerprint density at radius 1 is 0.744 bits per heavy atom. The topological polar surface area (TPSA) is 41.6 Å². The number of aryl methyl sites for hydroxylation is 2. The number of hydrogen-bond acceptors (Lipinski definition) is 3. The molecule has 0 saturated carbocycles. The van der Waals surface area contributed by atoms with Gasteiger partial charge in [-0.2, -0.15) is 0 Å². The van der Waals surface area contributed by atoms with Crippen LogP contribution in [-0.4, -0.2) is 42.8 Å². The number of rotatable bonds is 10. The zero-order chi connectivity index (χ0) is 27.8. The van der Waals surface area contributed by atoms with Crippen LogP contribution in [0, 0.1) is 11.8 Å². The summed E-state index contributed by atoms with van der Waals surface area (Å²) in [6.45, 7) is 9.93. The molecule has 2 aliphatic rings. The van der Waals surface area contributed by atoms with Crippen molar-refractivity contribution in [3.05, 3.63) is 71.8 Å². The van der Waals surface area contributed by atoms with Crippen LogP contribution in [-0.2, 0) is 17.6 Å². The SMILES string of the molecule is CC(C)(C)OC(=O)N1CCC(CCCCc2ccccc2)CC1.c1ccc(CCCCC2CCNCC2)cc1. The second-order valence-corrected chi connectivity index (χ2v) is 12.6. The highest BCUT2D eigenvalue weighted by atomic mass is 16.6. The summed E-state index contributed by atoms with van der Waals surface area (Å²) in [4.78, 5) is 13.9. The lowest BCUT2D eigenvalue weighted by molar-refractivity contribution is 0.0180. The Balaban J connectivity index is 0.000000230. The molecule has 4 heteroatoms. The fourth-order valence-electron chi connectivity index (χ4n) is 5.71. The van der Waals surface area contributed by atoms with Crippen molar-refractivity contribution in [1.82, 2.24) is 10.2 Å². The lowest BCUT2D eigenvalue weighted by Crippen LogP contribution is -2.41. The Hall–Kier alpha value is -2.33. The molecule has 1 N–H and O–H groups in total. The van der Waals surface area contributed by atoms with Gasteiger partial charge in [0.05, 0.1) is 0 Å². The zero-order valence-corrected chi connectivity index (χ0v) is 25.0. The van der Waals surface area contributed by atoms with Gasteiger partial charge in [-0.05, 0) is 108 Å². The first-order valence-corrected chi connectivity index (χ1v) is 15.7. The molecule has 2 saturated heterocycles. The van der Waals surface area contributed by atoms with E-state index in [0.717, 1.165) is 37.8 Å². The van der Waals surface area contributed by atoms with Crippen molar-refractivity contribution in [2.24, 2.45) is 11.8 Å². The van der Waals surface area contributed by atoms with E-state index in [9.17, 15) is 4.79 Å². The summed E-state index contributed by atoms with van der Waals surface area (Å²) < 4.78 is 5.45. The number of nitrogens with zero attached hydrogens (tertiary/aromatic N) is 1. The lowest BCUT2D eigenvalue weighted by atomic mass is 9.91. The average molecular weight is 535 g/mol. The summed E-state index contributed by atoms with van der Waals surface area (Å²) in [7, 11) is 0. The van der Waals surface area contributed by atoms with Crippen LogP contribution < -0.4 is 5.32 Å². The molecule has 2 aliphatic heterocycles. The molecule has 216 valence electrons. The lowest BCUT2D eigenvalue weighted by Gasteiger charge is -2.33. The van der Waals surface area contributed by atoms with Crippen molar-refractivity contribution in [2.75, 3.05) is 26.2 Å². The largest absolute Gasteiger partial charge is 0.444 e. The maximum Gasteiger partial charge on any atom is 0.410 e. The minimum Gasteiger partial charge on any atom is -0.444 e. The van der Waals surface area contributed by atoms with Crippen molar-refractivity contribution in [1.29, 1.82) is 0 Å². The molecule has 0 bridgehead atoms. The van der Waals surface area contributed by atoms with Crippen molar-refractivity contribution in [3.8, 4) is 0 Å². The van der Waals surface area contributed by atoms with Crippen LogP contribution >= 0.6 is 0 Å². The van der Waals surface area contributed by atoms with E-state index in [1.165, 1.54) is 88.4 Å². The van der Waals surface area contributed by atoms with E-state index in [4.69, 9.17) is 4.74 Å². The summed E-state index contributed by atoms with van der Waals surface area (Å²) in [6, 6.07) is 21.6. The van der Waals surface area contributed by atoms with E-state index < -0.39 is 5.60 Å². The van der Waals surface area contributed by atoms with Gasteiger partial charge in [0.25, 0.3) is 0 Å². The van der Waals surface area contributed by atoms with Crippen LogP contribution in [0.2, 0.25) is 0 Å². The summed E-state index contributed by atoms with van der Waals surface area (Å²) in [5, 5.41) is 3.43. The van der Waals surface area contributed by atoms with Crippen molar-refractivity contribution in [2.45, 2.75) is 103 Å². The number of unbranched alkanes of at least 4 members (excludes halogenated alkanes) is 2. The Morgan fingerprint density at radius 2 is 1.21 bits per heavy atom. The van der Waals surface area contributed by atoms with Crippen LogP contribution in [0.4, 0.5) is 4.79 Å². The molecule has 1 amide bonds. The molecule has 39 heavy (non-hydrogen) atoms. The first kappa shape index (κ1) is 31.2. The minimum absolute atomic E-state index is 0.153. The third-order valence-electron chi connectivity index (χ3n) is 8.07. The highest BCUT2D eigenvalue weighted by molar-refractivity contribution is 5.68. The fraction of sp³-hybridized carbons (Fsp3) is 0.629. The number of likely N-dealkylation sites (tertiary alicyclic amines) is 1. The molecule has 0 aliphatic carbocycles. The van der Waals surface area contributed by atoms with Gasteiger partial charge < -0.3 is 15.0 Å². The normalized spacial score (nSPS) is 16.8. The smallest absolute Gasteiger partial charge is 0.410 e. The van der Waals surface area contributed by atoms with E-state index in [0.29, 0.717) is 0 Å². The molecule has 4 nitrogen and oxygen atoms in total. The Labute approximate surface area is 238 Å². The molecule has 2 fully saturated rings. The van der Waals surface area contributed by atoms with Crippen LogP contribution in [0.15, 0.2) is 60.7 Å². The van der Waals surface area contributed by atoms with Gasteiger partial charge in [0.15, 0.2) is 0 Å². The van der Waals surface area contributed by atoms with Crippen LogP contribution in [0.5, 0.6) is 0 Å². The predicted octanol–water partition coefficient (Wildman–Crippen LogP) is 8.45. The molecule has 0 radical (unpaired) electrons. The standard InChI is InChI=1S/C20H31NO2.C15H23N/c1-20(2,3)23-19(22)21-15-13-18(14-16-21)12-8-7-11-17-9-5-4-6-10-17;1-2-6-14(7-3-1)8-4-5-9-15-10-12-16-13-11-15/h4-6,9-10,18H,7-8,11-16H2,1-3H3;1-3,6-7,15-16H,4-5,8-13H2. The first-order valence-electron chi connectivity index (χ1n) is 15.7. The molecule has 2 heterocycles. The molecule has 0 spiro atoms. The monoisotopic (exact) mass is 534 g/mol. The van der Waals surface area contributed by atoms with Crippen molar-refractivity contribution < 1.29 is 9.53 Å². The van der Waals surface area contributed by atoms with Crippen molar-refractivity contribution in [3.63, 3.8) is 0 Å². The number of carbonyl (C=O) groups is 1. The Kier molecular flexibility index (Phi) is 13.9. The summed E-state index contributed by atoms with van der Waals surface area (Å²) in [5.41, 5.74) is 2.53. The Bertz CT molecular complexity index is 895. The molecule has 0 atom stereocenters. The van der Waals surface area contributed by atoms with E-state index >= 15 is 0 Å². The third kappa shape index (κ3) is 13.5. The first-order chi connectivity index (χ1) is 18.9. The third-order valence-corrected chi connectivity index (χ3v) is 8.07. The van der Waals surface area contributed by atoms with Gasteiger partial charge in [-0.1, -0.05) is 86.3 Å². The number of piperidine rings is 2. The highest BCUT2D eigenvalue weighted by Crippen LogP contribution is 2.24. The minimum atomic E-state index is -0.397. The highest BCUT2D eigenvalue weighted by Gasteiger charge is 2.26. The maximum atomic E-state index is 12.0. The second kappa shape index (κ2) is 17.4. The van der Waals surface area contributed by atoms with E-state index in [1.54, 1.807) is 0 Å². The van der Waals surface area contributed by atoms with E-state index in [-0.39, 0.29) is 6.09 Å². The maximum absolute atomic E-state index is 12.0. The molecule has 2 aromatic carbocycles. The average Bonchev–Trinajstić information content (AvgIpc) is 2.95. The molecule has 0 aromatic heterocycles. The zero-order valence-electron chi connectivity index (χ0n) is 25.0. The molecular formula is C35H54N2O2. The predicted molar refractivity (Wildman–Crippen MR) is 164 cm³/mol. The second-order valence-electron chi connectivity index (χ2n) is 12.6. The van der Waals surface area contributed by atoms with Gasteiger partial charge >= 0.3 is 6.09 Å². The number of nitrogens with one attached hydrogen (secondary N) is 1. The van der Waals surface area contributed by atoms with Gasteiger partial charge in [-0.3, -0.25) is 0 Å².